The summed E-state index contributed by atoms with van der Waals surface area (Å²) >= 11 is 0. The summed E-state index contributed by atoms with van der Waals surface area (Å²) in [7, 11) is 0. The van der Waals surface area contributed by atoms with E-state index < -0.39 is 5.97 Å². The summed E-state index contributed by atoms with van der Waals surface area (Å²) in [4.78, 5) is 23.4. The van der Waals surface area contributed by atoms with Gasteiger partial charge in [-0.2, -0.15) is 0 Å². The second-order valence-electron chi connectivity index (χ2n) is 5.47. The van der Waals surface area contributed by atoms with E-state index in [1.807, 2.05) is 10.6 Å². The van der Waals surface area contributed by atoms with Crippen molar-refractivity contribution in [2.45, 2.75) is 32.2 Å². The molecule has 1 aliphatic heterocycles. The number of benzene rings is 1. The zero-order valence-electron chi connectivity index (χ0n) is 11.9. The lowest BCUT2D eigenvalue weighted by Gasteiger charge is -2.19. The van der Waals surface area contributed by atoms with E-state index in [-0.39, 0.29) is 17.5 Å². The van der Waals surface area contributed by atoms with Crippen molar-refractivity contribution in [2.75, 3.05) is 6.54 Å². The molecule has 0 unspecified atom stereocenters. The molecule has 0 fully saturated rings. The Balaban J connectivity index is 2.24. The van der Waals surface area contributed by atoms with Crippen molar-refractivity contribution in [3.63, 3.8) is 0 Å². The summed E-state index contributed by atoms with van der Waals surface area (Å²) in [5.74, 6) is -1.03. The molecule has 5 nitrogen and oxygen atoms in total. The van der Waals surface area contributed by atoms with Crippen molar-refractivity contribution in [2.24, 2.45) is 0 Å². The van der Waals surface area contributed by atoms with Crippen LogP contribution in [0, 0.1) is 0 Å². The second kappa shape index (κ2) is 5.24. The highest BCUT2D eigenvalue weighted by Crippen LogP contribution is 2.30. The Morgan fingerprint density at radius 3 is 2.95 bits per heavy atom. The zero-order chi connectivity index (χ0) is 15.0. The molecule has 2 aromatic rings. The average Bonchev–Trinajstić information content (AvgIpc) is 2.77. The minimum absolute atomic E-state index is 0.0818. The summed E-state index contributed by atoms with van der Waals surface area (Å²) in [6.45, 7) is 2.78. The van der Waals surface area contributed by atoms with Crippen LogP contribution < -0.4 is 5.32 Å². The third-order valence-corrected chi connectivity index (χ3v) is 4.07. The van der Waals surface area contributed by atoms with Crippen LogP contribution in [0.2, 0.25) is 0 Å². The Bertz CT molecular complexity index is 718. The Kier molecular flexibility index (Phi) is 3.41. The van der Waals surface area contributed by atoms with Crippen molar-refractivity contribution in [3.05, 3.63) is 35.5 Å². The molecule has 0 bridgehead atoms. The molecular formula is C16H18N2O3. The molecule has 21 heavy (non-hydrogen) atoms. The first kappa shape index (κ1) is 13.7. The molecule has 0 radical (unpaired) electrons. The number of rotatable bonds is 3. The molecule has 1 atom stereocenters. The number of amides is 1. The van der Waals surface area contributed by atoms with Gasteiger partial charge in [0, 0.05) is 23.5 Å². The lowest BCUT2D eigenvalue weighted by molar-refractivity contribution is 0.0696. The molecule has 2 heterocycles. The molecule has 0 aliphatic carbocycles. The van der Waals surface area contributed by atoms with Gasteiger partial charge < -0.3 is 15.0 Å². The van der Waals surface area contributed by atoms with Crippen LogP contribution in [0.1, 0.15) is 53.1 Å². The van der Waals surface area contributed by atoms with Gasteiger partial charge >= 0.3 is 5.97 Å². The Labute approximate surface area is 122 Å². The predicted octanol–water partition coefficient (Wildman–Crippen LogP) is 2.81. The largest absolute Gasteiger partial charge is 0.478 e. The van der Waals surface area contributed by atoms with Gasteiger partial charge in [-0.3, -0.25) is 4.79 Å². The highest BCUT2D eigenvalue weighted by Gasteiger charge is 2.25. The second-order valence-corrected chi connectivity index (χ2v) is 5.47. The van der Waals surface area contributed by atoms with E-state index in [9.17, 15) is 14.7 Å². The normalized spacial score (nSPS) is 18.1. The highest BCUT2D eigenvalue weighted by molar-refractivity contribution is 6.01. The Morgan fingerprint density at radius 1 is 1.43 bits per heavy atom. The molecular weight excluding hydrogens is 268 g/mol. The number of carboxylic acids is 1. The molecule has 1 amide bonds. The number of aromatic nitrogens is 1. The molecule has 3 rings (SSSR count). The quantitative estimate of drug-likeness (QED) is 0.911. The first-order valence-electron chi connectivity index (χ1n) is 7.28. The van der Waals surface area contributed by atoms with Gasteiger partial charge in [0.2, 0.25) is 0 Å². The van der Waals surface area contributed by atoms with Crippen molar-refractivity contribution in [1.29, 1.82) is 0 Å². The van der Waals surface area contributed by atoms with Crippen molar-refractivity contribution in [1.82, 2.24) is 9.88 Å². The molecule has 1 aromatic carbocycles. The van der Waals surface area contributed by atoms with Crippen LogP contribution in [0.3, 0.4) is 0 Å². The summed E-state index contributed by atoms with van der Waals surface area (Å²) in [6, 6.07) is 7.10. The van der Waals surface area contributed by atoms with Gasteiger partial charge in [0.05, 0.1) is 5.56 Å². The van der Waals surface area contributed by atoms with Crippen LogP contribution >= 0.6 is 0 Å². The van der Waals surface area contributed by atoms with E-state index in [4.69, 9.17) is 0 Å². The smallest absolute Gasteiger partial charge is 0.335 e. The molecule has 1 aliphatic rings. The number of nitrogens with one attached hydrogen (secondary N) is 1. The maximum atomic E-state index is 12.2. The van der Waals surface area contributed by atoms with Crippen LogP contribution in [0.15, 0.2) is 24.3 Å². The van der Waals surface area contributed by atoms with Crippen LogP contribution in [0.4, 0.5) is 0 Å². The average molecular weight is 286 g/mol. The third-order valence-electron chi connectivity index (χ3n) is 4.07. The standard InChI is InChI=1S/C16H18N2O3/c1-2-3-12-6-7-17-15(19)14-8-10-4-5-11(16(20)21)9-13(10)18(12)14/h4-5,8-9,12H,2-3,6-7H2,1H3,(H,17,19)(H,20,21)/t12-/m0/s1. The molecule has 0 spiro atoms. The molecule has 0 saturated carbocycles. The summed E-state index contributed by atoms with van der Waals surface area (Å²) in [5, 5.41) is 13.0. The van der Waals surface area contributed by atoms with Gasteiger partial charge in [0.1, 0.15) is 5.69 Å². The fourth-order valence-corrected chi connectivity index (χ4v) is 3.10. The maximum absolute atomic E-state index is 12.2. The van der Waals surface area contributed by atoms with E-state index in [1.54, 1.807) is 18.2 Å². The molecule has 0 saturated heterocycles. The van der Waals surface area contributed by atoms with Crippen LogP contribution in [0.25, 0.3) is 10.9 Å². The topological polar surface area (TPSA) is 71.3 Å². The molecule has 2 N–H and O–H groups in total. The van der Waals surface area contributed by atoms with Gasteiger partial charge in [-0.05, 0) is 31.0 Å². The van der Waals surface area contributed by atoms with Crippen LogP contribution in [0.5, 0.6) is 0 Å². The number of hydrogen-bond donors (Lipinski definition) is 2. The van der Waals surface area contributed by atoms with E-state index in [2.05, 4.69) is 12.2 Å². The van der Waals surface area contributed by atoms with Gasteiger partial charge in [-0.15, -0.1) is 0 Å². The van der Waals surface area contributed by atoms with E-state index >= 15 is 0 Å². The minimum atomic E-state index is -0.947. The SMILES string of the molecule is CCC[C@H]1CCNC(=O)c2cc3ccc(C(=O)O)cc3n21. The molecule has 5 heteroatoms. The lowest BCUT2D eigenvalue weighted by Crippen LogP contribution is -2.22. The summed E-state index contributed by atoms with van der Waals surface area (Å²) in [6.07, 6.45) is 2.87. The molecule has 110 valence electrons. The first-order chi connectivity index (χ1) is 10.1. The number of carbonyl (C=O) groups excluding carboxylic acids is 1. The van der Waals surface area contributed by atoms with E-state index in [0.29, 0.717) is 12.2 Å². The molecule has 1 aromatic heterocycles. The number of aromatic carboxylic acids is 1. The minimum Gasteiger partial charge on any atom is -0.478 e. The van der Waals surface area contributed by atoms with E-state index in [0.717, 1.165) is 30.2 Å². The highest BCUT2D eigenvalue weighted by atomic mass is 16.4. The maximum Gasteiger partial charge on any atom is 0.335 e. The van der Waals surface area contributed by atoms with Gasteiger partial charge in [0.25, 0.3) is 5.91 Å². The number of fused-ring (bicyclic) bond motifs is 3. The van der Waals surface area contributed by atoms with Gasteiger partial charge in [0.15, 0.2) is 0 Å². The zero-order valence-corrected chi connectivity index (χ0v) is 11.9. The summed E-state index contributed by atoms with van der Waals surface area (Å²) < 4.78 is 2.02. The van der Waals surface area contributed by atoms with Crippen molar-refractivity contribution in [3.8, 4) is 0 Å². The Morgan fingerprint density at radius 2 is 2.24 bits per heavy atom. The lowest BCUT2D eigenvalue weighted by atomic mass is 10.1. The van der Waals surface area contributed by atoms with Crippen LogP contribution in [-0.2, 0) is 0 Å². The third kappa shape index (κ3) is 2.28. The van der Waals surface area contributed by atoms with Crippen molar-refractivity contribution >= 4 is 22.8 Å². The van der Waals surface area contributed by atoms with Crippen LogP contribution in [-0.4, -0.2) is 28.1 Å². The summed E-state index contributed by atoms with van der Waals surface area (Å²) in [5.41, 5.74) is 1.71. The van der Waals surface area contributed by atoms with Gasteiger partial charge in [-0.25, -0.2) is 4.79 Å². The predicted molar refractivity (Wildman–Crippen MR) is 79.8 cm³/mol. The fourth-order valence-electron chi connectivity index (χ4n) is 3.10. The van der Waals surface area contributed by atoms with Crippen molar-refractivity contribution < 1.29 is 14.7 Å². The number of carbonyl (C=O) groups is 2. The van der Waals surface area contributed by atoms with E-state index in [1.165, 1.54) is 0 Å². The monoisotopic (exact) mass is 286 g/mol. The number of nitrogens with zero attached hydrogens (tertiary/aromatic N) is 1. The fraction of sp³-hybridized carbons (Fsp3) is 0.375. The first-order valence-corrected chi connectivity index (χ1v) is 7.28. The number of carboxylic acid groups (broad SMARTS) is 1. The number of hydrogen-bond acceptors (Lipinski definition) is 2. The Hall–Kier alpha value is -2.30. The van der Waals surface area contributed by atoms with Gasteiger partial charge in [-0.1, -0.05) is 19.4 Å².